The molecule has 0 N–H and O–H groups in total. The van der Waals surface area contributed by atoms with E-state index >= 15 is 0 Å². The number of rotatable bonds is 8. The minimum atomic E-state index is -0.820. The van der Waals surface area contributed by atoms with Crippen molar-refractivity contribution >= 4 is 11.9 Å². The minimum absolute atomic E-state index is 0.0675. The van der Waals surface area contributed by atoms with Gasteiger partial charge >= 0.3 is 5.97 Å². The maximum atomic E-state index is 12.7. The van der Waals surface area contributed by atoms with E-state index in [-0.39, 0.29) is 18.7 Å². The van der Waals surface area contributed by atoms with Crippen molar-refractivity contribution in [3.8, 4) is 11.5 Å². The first-order chi connectivity index (χ1) is 16.5. The Morgan fingerprint density at radius 3 is 2.41 bits per heavy atom. The molecule has 0 radical (unpaired) electrons. The lowest BCUT2D eigenvalue weighted by Gasteiger charge is -2.35. The molecule has 1 aliphatic heterocycles. The lowest BCUT2D eigenvalue weighted by molar-refractivity contribution is -0.160. The van der Waals surface area contributed by atoms with E-state index in [0.29, 0.717) is 24.9 Å². The maximum Gasteiger partial charge on any atom is 0.307 e. The summed E-state index contributed by atoms with van der Waals surface area (Å²) in [6.07, 6.45) is -0.492. The molecule has 178 valence electrons. The van der Waals surface area contributed by atoms with Crippen LogP contribution in [0.4, 0.5) is 0 Å². The summed E-state index contributed by atoms with van der Waals surface area (Å²) in [5, 5.41) is 8.05. The summed E-state index contributed by atoms with van der Waals surface area (Å²) < 4.78 is 11.0. The van der Waals surface area contributed by atoms with Gasteiger partial charge < -0.3 is 14.1 Å². The van der Waals surface area contributed by atoms with Gasteiger partial charge in [0.1, 0.15) is 0 Å². The molecule has 8 nitrogen and oxygen atoms in total. The van der Waals surface area contributed by atoms with Crippen LogP contribution >= 0.6 is 0 Å². The number of carbonyl (C=O) groups excluding carboxylic acids is 2. The van der Waals surface area contributed by atoms with Gasteiger partial charge in [0.2, 0.25) is 11.8 Å². The van der Waals surface area contributed by atoms with Gasteiger partial charge in [-0.05, 0) is 31.5 Å². The van der Waals surface area contributed by atoms with Crippen LogP contribution in [0.3, 0.4) is 0 Å². The number of carbonyl (C=O) groups is 2. The van der Waals surface area contributed by atoms with Crippen LogP contribution in [0.2, 0.25) is 0 Å². The standard InChI is InChI=1S/C26H30N4O4/c1-19-8-10-22(11-9-19)25-28-27-23(34-25)12-13-24(31)33-20(2)26(32)30-16-14-29(15-17-30)18-21-6-4-3-5-7-21/h3-11,20H,12-18H2,1-2H3. The van der Waals surface area contributed by atoms with Crippen LogP contribution in [-0.4, -0.2) is 64.2 Å². The maximum absolute atomic E-state index is 12.7. The number of amides is 1. The van der Waals surface area contributed by atoms with E-state index in [9.17, 15) is 9.59 Å². The number of hydrogen-bond donors (Lipinski definition) is 0. The second kappa shape index (κ2) is 11.1. The second-order valence-electron chi connectivity index (χ2n) is 8.59. The van der Waals surface area contributed by atoms with Crippen molar-refractivity contribution in [2.24, 2.45) is 0 Å². The monoisotopic (exact) mass is 462 g/mol. The van der Waals surface area contributed by atoms with Crippen LogP contribution in [0.5, 0.6) is 0 Å². The smallest absolute Gasteiger partial charge is 0.307 e. The Labute approximate surface area is 199 Å². The first-order valence-electron chi connectivity index (χ1n) is 11.6. The molecule has 1 amide bonds. The lowest BCUT2D eigenvalue weighted by atomic mass is 10.1. The molecule has 2 heterocycles. The number of nitrogens with zero attached hydrogens (tertiary/aromatic N) is 4. The second-order valence-corrected chi connectivity index (χ2v) is 8.59. The molecular weight excluding hydrogens is 432 g/mol. The molecule has 2 aromatic carbocycles. The highest BCUT2D eigenvalue weighted by atomic mass is 16.5. The normalized spacial score (nSPS) is 15.2. The third kappa shape index (κ3) is 6.29. The zero-order chi connectivity index (χ0) is 23.9. The summed E-state index contributed by atoms with van der Waals surface area (Å²) in [5.41, 5.74) is 3.23. The first kappa shape index (κ1) is 23.6. The third-order valence-electron chi connectivity index (χ3n) is 5.90. The highest BCUT2D eigenvalue weighted by Gasteiger charge is 2.27. The molecule has 0 aliphatic carbocycles. The molecule has 0 saturated carbocycles. The summed E-state index contributed by atoms with van der Waals surface area (Å²) in [5.74, 6) is 0.158. The van der Waals surface area contributed by atoms with Gasteiger partial charge in [-0.3, -0.25) is 14.5 Å². The summed E-state index contributed by atoms with van der Waals surface area (Å²) >= 11 is 0. The fourth-order valence-electron chi connectivity index (χ4n) is 3.91. The Kier molecular flexibility index (Phi) is 7.69. The predicted octanol–water partition coefficient (Wildman–Crippen LogP) is 3.25. The van der Waals surface area contributed by atoms with Crippen molar-refractivity contribution < 1.29 is 18.7 Å². The van der Waals surface area contributed by atoms with Gasteiger partial charge in [0.15, 0.2) is 6.10 Å². The van der Waals surface area contributed by atoms with Crippen LogP contribution in [-0.2, 0) is 27.3 Å². The number of hydrogen-bond acceptors (Lipinski definition) is 7. The van der Waals surface area contributed by atoms with Gasteiger partial charge in [-0.1, -0.05) is 48.0 Å². The van der Waals surface area contributed by atoms with E-state index in [4.69, 9.17) is 9.15 Å². The molecule has 0 spiro atoms. The van der Waals surface area contributed by atoms with E-state index in [1.54, 1.807) is 11.8 Å². The highest BCUT2D eigenvalue weighted by molar-refractivity contribution is 5.83. The summed E-state index contributed by atoms with van der Waals surface area (Å²) in [6, 6.07) is 18.1. The number of esters is 1. The van der Waals surface area contributed by atoms with E-state index < -0.39 is 12.1 Å². The fraction of sp³-hybridized carbons (Fsp3) is 0.385. The topological polar surface area (TPSA) is 88.8 Å². The number of piperazine rings is 1. The third-order valence-corrected chi connectivity index (χ3v) is 5.90. The molecule has 34 heavy (non-hydrogen) atoms. The quantitative estimate of drug-likeness (QED) is 0.475. The molecule has 8 heteroatoms. The molecule has 1 saturated heterocycles. The molecule has 1 aromatic heterocycles. The van der Waals surface area contributed by atoms with Crippen molar-refractivity contribution in [3.63, 3.8) is 0 Å². The van der Waals surface area contributed by atoms with Crippen molar-refractivity contribution in [1.29, 1.82) is 0 Å². The van der Waals surface area contributed by atoms with Crippen molar-refractivity contribution in [2.75, 3.05) is 26.2 Å². The number of ether oxygens (including phenoxy) is 1. The number of aryl methyl sites for hydroxylation is 2. The van der Waals surface area contributed by atoms with Gasteiger partial charge in [-0.15, -0.1) is 10.2 Å². The van der Waals surface area contributed by atoms with E-state index in [1.165, 1.54) is 5.56 Å². The van der Waals surface area contributed by atoms with E-state index in [1.807, 2.05) is 49.4 Å². The van der Waals surface area contributed by atoms with Crippen LogP contribution < -0.4 is 0 Å². The number of aromatic nitrogens is 2. The van der Waals surface area contributed by atoms with Crippen LogP contribution in [0.1, 0.15) is 30.4 Å². The average Bonchev–Trinajstić information content (AvgIpc) is 3.33. The van der Waals surface area contributed by atoms with Gasteiger partial charge in [0.05, 0.1) is 6.42 Å². The van der Waals surface area contributed by atoms with Gasteiger partial charge in [-0.2, -0.15) is 0 Å². The largest absolute Gasteiger partial charge is 0.453 e. The Morgan fingerprint density at radius 1 is 1.00 bits per heavy atom. The van der Waals surface area contributed by atoms with E-state index in [2.05, 4.69) is 27.2 Å². The molecule has 1 unspecified atom stereocenters. The van der Waals surface area contributed by atoms with Crippen molar-refractivity contribution in [3.05, 3.63) is 71.6 Å². The highest BCUT2D eigenvalue weighted by Crippen LogP contribution is 2.19. The Hall–Kier alpha value is -3.52. The van der Waals surface area contributed by atoms with E-state index in [0.717, 1.165) is 30.8 Å². The fourth-order valence-corrected chi connectivity index (χ4v) is 3.91. The SMILES string of the molecule is Cc1ccc(-c2nnc(CCC(=O)OC(C)C(=O)N3CCN(Cc4ccccc4)CC3)o2)cc1. The van der Waals surface area contributed by atoms with Crippen molar-refractivity contribution in [2.45, 2.75) is 39.3 Å². The first-order valence-corrected chi connectivity index (χ1v) is 11.6. The Balaban J connectivity index is 1.19. The zero-order valence-corrected chi connectivity index (χ0v) is 19.6. The number of benzene rings is 2. The summed E-state index contributed by atoms with van der Waals surface area (Å²) in [4.78, 5) is 29.1. The van der Waals surface area contributed by atoms with Crippen molar-refractivity contribution in [1.82, 2.24) is 20.0 Å². The van der Waals surface area contributed by atoms with Gasteiger partial charge in [-0.25, -0.2) is 0 Å². The zero-order valence-electron chi connectivity index (χ0n) is 19.6. The van der Waals surface area contributed by atoms with Crippen LogP contribution in [0, 0.1) is 6.92 Å². The Morgan fingerprint density at radius 2 is 1.71 bits per heavy atom. The minimum Gasteiger partial charge on any atom is -0.453 e. The Bertz CT molecular complexity index is 1090. The lowest BCUT2D eigenvalue weighted by Crippen LogP contribution is -2.51. The predicted molar refractivity (Wildman–Crippen MR) is 127 cm³/mol. The summed E-state index contributed by atoms with van der Waals surface area (Å²) in [7, 11) is 0. The molecule has 4 rings (SSSR count). The van der Waals surface area contributed by atoms with Gasteiger partial charge in [0.25, 0.3) is 5.91 Å². The molecule has 1 atom stereocenters. The van der Waals surface area contributed by atoms with Crippen LogP contribution in [0.25, 0.3) is 11.5 Å². The molecule has 3 aromatic rings. The molecular formula is C26H30N4O4. The molecule has 0 bridgehead atoms. The molecule has 1 fully saturated rings. The molecule has 1 aliphatic rings. The van der Waals surface area contributed by atoms with Crippen LogP contribution in [0.15, 0.2) is 59.0 Å². The summed E-state index contributed by atoms with van der Waals surface area (Å²) in [6.45, 7) is 7.33. The van der Waals surface area contributed by atoms with Gasteiger partial charge in [0, 0.05) is 44.7 Å². The average molecular weight is 463 g/mol.